The Morgan fingerprint density at radius 2 is 1.52 bits per heavy atom. The van der Waals surface area contributed by atoms with Gasteiger partial charge in [-0.2, -0.15) is 0 Å². The molecule has 0 radical (unpaired) electrons. The predicted octanol–water partition coefficient (Wildman–Crippen LogP) is 4.82. The van der Waals surface area contributed by atoms with Gasteiger partial charge < -0.3 is 4.74 Å². The van der Waals surface area contributed by atoms with Crippen molar-refractivity contribution in [1.29, 1.82) is 0 Å². The van der Waals surface area contributed by atoms with E-state index in [1.54, 1.807) is 0 Å². The van der Waals surface area contributed by atoms with E-state index in [0.717, 1.165) is 43.4 Å². The molecule has 4 heteroatoms. The Morgan fingerprint density at radius 1 is 1.00 bits per heavy atom. The first-order chi connectivity index (χ1) is 10.1. The third-order valence-electron chi connectivity index (χ3n) is 5.59. The molecule has 2 aliphatic rings. The van der Waals surface area contributed by atoms with E-state index in [9.17, 15) is 13.6 Å². The van der Waals surface area contributed by atoms with E-state index in [2.05, 4.69) is 11.7 Å². The molecule has 0 aromatic rings. The molecule has 0 atom stereocenters. The van der Waals surface area contributed by atoms with E-state index >= 15 is 0 Å². The number of rotatable bonds is 5. The van der Waals surface area contributed by atoms with Gasteiger partial charge in [-0.1, -0.05) is 26.2 Å². The number of hydrogen-bond donors (Lipinski definition) is 0. The highest BCUT2D eigenvalue weighted by Gasteiger charge is 2.33. The standard InChI is InChI=1S/C17H28F2O2/c1-2-12-3-5-13(6-4-12)14-7-9-15(10-8-14)17(20)21-11-16(18)19/h12-16H,2-11H2,1H3/t12-,13-,14-,15-. The third kappa shape index (κ3) is 4.93. The fraction of sp³-hybridized carbons (Fsp3) is 0.941. The van der Waals surface area contributed by atoms with E-state index < -0.39 is 19.0 Å². The van der Waals surface area contributed by atoms with Crippen molar-refractivity contribution in [3.8, 4) is 0 Å². The zero-order valence-corrected chi connectivity index (χ0v) is 13.0. The first-order valence-corrected chi connectivity index (χ1v) is 8.54. The molecule has 0 bridgehead atoms. The van der Waals surface area contributed by atoms with Crippen LogP contribution in [-0.4, -0.2) is 19.0 Å². The van der Waals surface area contributed by atoms with Crippen molar-refractivity contribution in [2.45, 2.75) is 71.1 Å². The molecule has 122 valence electrons. The monoisotopic (exact) mass is 302 g/mol. The highest BCUT2D eigenvalue weighted by molar-refractivity contribution is 5.72. The summed E-state index contributed by atoms with van der Waals surface area (Å²) in [4.78, 5) is 11.7. The van der Waals surface area contributed by atoms with Crippen molar-refractivity contribution >= 4 is 5.97 Å². The van der Waals surface area contributed by atoms with Gasteiger partial charge in [0.15, 0.2) is 6.61 Å². The maximum Gasteiger partial charge on any atom is 0.309 e. The van der Waals surface area contributed by atoms with Crippen LogP contribution in [-0.2, 0) is 9.53 Å². The minimum Gasteiger partial charge on any atom is -0.459 e. The maximum absolute atomic E-state index is 12.1. The molecule has 2 saturated carbocycles. The fourth-order valence-corrected chi connectivity index (χ4v) is 4.16. The number of halogens is 2. The van der Waals surface area contributed by atoms with Gasteiger partial charge in [-0.3, -0.25) is 4.79 Å². The summed E-state index contributed by atoms with van der Waals surface area (Å²) in [6.07, 6.45) is 7.91. The van der Waals surface area contributed by atoms with Crippen molar-refractivity contribution in [3.63, 3.8) is 0 Å². The summed E-state index contributed by atoms with van der Waals surface area (Å²) in [5.41, 5.74) is 0. The molecule has 0 saturated heterocycles. The van der Waals surface area contributed by atoms with Gasteiger partial charge in [0.05, 0.1) is 5.92 Å². The largest absolute Gasteiger partial charge is 0.459 e. The van der Waals surface area contributed by atoms with Crippen LogP contribution in [0.1, 0.15) is 64.7 Å². The molecule has 0 amide bonds. The summed E-state index contributed by atoms with van der Waals surface area (Å²) >= 11 is 0. The minimum atomic E-state index is -2.56. The predicted molar refractivity (Wildman–Crippen MR) is 78.2 cm³/mol. The minimum absolute atomic E-state index is 0.146. The normalized spacial score (nSPS) is 33.9. The van der Waals surface area contributed by atoms with Gasteiger partial charge in [0.1, 0.15) is 0 Å². The van der Waals surface area contributed by atoms with Crippen LogP contribution < -0.4 is 0 Å². The second-order valence-corrected chi connectivity index (χ2v) is 6.82. The van der Waals surface area contributed by atoms with E-state index in [1.165, 1.54) is 32.1 Å². The SMILES string of the molecule is CC[C@H]1CC[C@H]([C@H]2CC[C@H](C(=O)OCC(F)F)CC2)CC1. The molecule has 2 aliphatic carbocycles. The first kappa shape index (κ1) is 16.7. The topological polar surface area (TPSA) is 26.3 Å². The average molecular weight is 302 g/mol. The molecule has 0 aliphatic heterocycles. The summed E-state index contributed by atoms with van der Waals surface area (Å²) in [7, 11) is 0. The molecule has 0 aromatic heterocycles. The summed E-state index contributed by atoms with van der Waals surface area (Å²) < 4.78 is 28.8. The summed E-state index contributed by atoms with van der Waals surface area (Å²) in [6.45, 7) is 1.53. The highest BCUT2D eigenvalue weighted by atomic mass is 19.3. The number of carbonyl (C=O) groups is 1. The molecule has 0 N–H and O–H groups in total. The van der Waals surface area contributed by atoms with Crippen LogP contribution in [0.4, 0.5) is 8.78 Å². The van der Waals surface area contributed by atoms with Crippen molar-refractivity contribution in [3.05, 3.63) is 0 Å². The molecular formula is C17H28F2O2. The summed E-state index contributed by atoms with van der Waals surface area (Å²) in [5.74, 6) is 1.92. The molecule has 0 spiro atoms. The Balaban J connectivity index is 1.69. The molecular weight excluding hydrogens is 274 g/mol. The molecule has 2 rings (SSSR count). The molecule has 21 heavy (non-hydrogen) atoms. The molecule has 0 aromatic carbocycles. The lowest BCUT2D eigenvalue weighted by Gasteiger charge is -2.37. The van der Waals surface area contributed by atoms with Crippen molar-refractivity contribution in [2.75, 3.05) is 6.61 Å². The second kappa shape index (κ2) is 8.09. The van der Waals surface area contributed by atoms with E-state index in [-0.39, 0.29) is 5.92 Å². The lowest BCUT2D eigenvalue weighted by molar-refractivity contribution is -0.154. The Bertz CT molecular complexity index is 317. The van der Waals surface area contributed by atoms with Crippen LogP contribution in [0.25, 0.3) is 0 Å². The maximum atomic E-state index is 12.1. The quantitative estimate of drug-likeness (QED) is 0.681. The number of ether oxygens (including phenoxy) is 1. The Kier molecular flexibility index (Phi) is 6.43. The van der Waals surface area contributed by atoms with Gasteiger partial charge in [-0.15, -0.1) is 0 Å². The Morgan fingerprint density at radius 3 is 2.00 bits per heavy atom. The van der Waals surface area contributed by atoms with Gasteiger partial charge >= 0.3 is 5.97 Å². The van der Waals surface area contributed by atoms with Crippen molar-refractivity contribution in [1.82, 2.24) is 0 Å². The van der Waals surface area contributed by atoms with E-state index in [1.807, 2.05) is 0 Å². The first-order valence-electron chi connectivity index (χ1n) is 8.54. The van der Waals surface area contributed by atoms with Crippen LogP contribution in [0.15, 0.2) is 0 Å². The molecule has 0 unspecified atom stereocenters. The van der Waals surface area contributed by atoms with Crippen LogP contribution in [0, 0.1) is 23.7 Å². The van der Waals surface area contributed by atoms with Crippen LogP contribution in [0.3, 0.4) is 0 Å². The molecule has 2 fully saturated rings. The van der Waals surface area contributed by atoms with Crippen LogP contribution in [0.2, 0.25) is 0 Å². The number of esters is 1. The van der Waals surface area contributed by atoms with Crippen molar-refractivity contribution in [2.24, 2.45) is 23.7 Å². The van der Waals surface area contributed by atoms with E-state index in [0.29, 0.717) is 0 Å². The Hall–Kier alpha value is -0.670. The van der Waals surface area contributed by atoms with Gasteiger partial charge in [-0.25, -0.2) is 8.78 Å². The van der Waals surface area contributed by atoms with Gasteiger partial charge in [0, 0.05) is 0 Å². The summed E-state index contributed by atoms with van der Waals surface area (Å²) in [5, 5.41) is 0. The fourth-order valence-electron chi connectivity index (χ4n) is 4.16. The second-order valence-electron chi connectivity index (χ2n) is 6.82. The van der Waals surface area contributed by atoms with Gasteiger partial charge in [0.2, 0.25) is 0 Å². The van der Waals surface area contributed by atoms with Crippen LogP contribution in [0.5, 0.6) is 0 Å². The average Bonchev–Trinajstić information content (AvgIpc) is 2.53. The van der Waals surface area contributed by atoms with Crippen molar-refractivity contribution < 1.29 is 18.3 Å². The summed E-state index contributed by atoms with van der Waals surface area (Å²) in [6, 6.07) is 0. The zero-order chi connectivity index (χ0) is 15.2. The molecule has 0 heterocycles. The Labute approximate surface area is 126 Å². The zero-order valence-electron chi connectivity index (χ0n) is 13.0. The molecule has 2 nitrogen and oxygen atoms in total. The van der Waals surface area contributed by atoms with Gasteiger partial charge in [-0.05, 0) is 56.3 Å². The number of hydrogen-bond acceptors (Lipinski definition) is 2. The number of carbonyl (C=O) groups excluding carboxylic acids is 1. The lowest BCUT2D eigenvalue weighted by Crippen LogP contribution is -2.29. The lowest BCUT2D eigenvalue weighted by atomic mass is 9.69. The smallest absolute Gasteiger partial charge is 0.309 e. The van der Waals surface area contributed by atoms with Crippen LogP contribution >= 0.6 is 0 Å². The third-order valence-corrected chi connectivity index (χ3v) is 5.59. The van der Waals surface area contributed by atoms with E-state index in [4.69, 9.17) is 0 Å². The highest BCUT2D eigenvalue weighted by Crippen LogP contribution is 2.42. The van der Waals surface area contributed by atoms with Gasteiger partial charge in [0.25, 0.3) is 6.43 Å². The number of alkyl halides is 2.